The maximum absolute atomic E-state index is 11.7. The Labute approximate surface area is 197 Å². The van der Waals surface area contributed by atoms with Gasteiger partial charge in [-0.05, 0) is 35.9 Å². The van der Waals surface area contributed by atoms with Crippen molar-refractivity contribution in [3.05, 3.63) is 66.4 Å². The fourth-order valence-electron chi connectivity index (χ4n) is 3.49. The molecule has 0 fully saturated rings. The van der Waals surface area contributed by atoms with Crippen molar-refractivity contribution >= 4 is 50.2 Å². The lowest BCUT2D eigenvalue weighted by atomic mass is 10.2. The highest BCUT2D eigenvalue weighted by Gasteiger charge is 2.14. The van der Waals surface area contributed by atoms with Gasteiger partial charge in [-0.15, -0.1) is 0 Å². The molecule has 0 aliphatic carbocycles. The Bertz CT molecular complexity index is 1430. The molecule has 2 aromatic carbocycles. The fraction of sp³-hybridized carbons (Fsp3) is 0.217. The lowest BCUT2D eigenvalue weighted by Gasteiger charge is -2.21. The minimum atomic E-state index is -3.09. The van der Waals surface area contributed by atoms with Gasteiger partial charge in [-0.3, -0.25) is 14.7 Å². The van der Waals surface area contributed by atoms with E-state index >= 15 is 0 Å². The van der Waals surface area contributed by atoms with Gasteiger partial charge in [-0.2, -0.15) is 4.98 Å². The summed E-state index contributed by atoms with van der Waals surface area (Å²) in [5.41, 5.74) is 3.12. The summed E-state index contributed by atoms with van der Waals surface area (Å²) in [6.45, 7) is 1.84. The number of hydrogen-bond acceptors (Lipinski definition) is 8. The van der Waals surface area contributed by atoms with Crippen molar-refractivity contribution in [1.29, 1.82) is 0 Å². The molecule has 11 heteroatoms. The number of fused-ring (bicyclic) bond motifs is 1. The molecule has 4 aromatic rings. The molecule has 2 aromatic heterocycles. The lowest BCUT2D eigenvalue weighted by Crippen LogP contribution is -2.24. The van der Waals surface area contributed by atoms with Gasteiger partial charge in [0.1, 0.15) is 5.82 Å². The third-order valence-electron chi connectivity index (χ3n) is 4.97. The molecule has 0 aliphatic rings. The van der Waals surface area contributed by atoms with Crippen molar-refractivity contribution in [3.63, 3.8) is 0 Å². The molecule has 0 aliphatic heterocycles. The molecular formula is C23H25N7O3S. The standard InChI is InChI=1S/C23H25N7O3S/c1-16(31)25-23-27-19-6-4-5-7-20(19)30(23)15-29(2)21-12-13-24-22(28-21)26-18-10-8-17(9-11-18)14-34(3,32)33/h4-13H,14-15H2,1-3H3,(H,24,26,28)(H,25,27,31). The van der Waals surface area contributed by atoms with E-state index in [1.54, 1.807) is 36.5 Å². The van der Waals surface area contributed by atoms with Crippen LogP contribution in [0, 0.1) is 0 Å². The highest BCUT2D eigenvalue weighted by Crippen LogP contribution is 2.22. The molecule has 176 valence electrons. The molecule has 0 bridgehead atoms. The van der Waals surface area contributed by atoms with Gasteiger partial charge in [-0.1, -0.05) is 24.3 Å². The number of nitrogens with zero attached hydrogens (tertiary/aromatic N) is 5. The number of rotatable bonds is 8. The van der Waals surface area contributed by atoms with E-state index in [0.717, 1.165) is 16.7 Å². The van der Waals surface area contributed by atoms with Crippen molar-refractivity contribution < 1.29 is 13.2 Å². The second kappa shape index (κ2) is 9.48. The van der Waals surface area contributed by atoms with Crippen molar-refractivity contribution in [2.45, 2.75) is 19.3 Å². The number of carbonyl (C=O) groups is 1. The predicted molar refractivity (Wildman–Crippen MR) is 133 cm³/mol. The highest BCUT2D eigenvalue weighted by molar-refractivity contribution is 7.89. The number of anilines is 4. The molecule has 0 saturated heterocycles. The van der Waals surface area contributed by atoms with Crippen LogP contribution in [-0.2, 0) is 27.1 Å². The van der Waals surface area contributed by atoms with E-state index in [4.69, 9.17) is 0 Å². The summed E-state index contributed by atoms with van der Waals surface area (Å²) < 4.78 is 24.9. The fourth-order valence-corrected chi connectivity index (χ4v) is 4.29. The Balaban J connectivity index is 1.53. The van der Waals surface area contributed by atoms with Crippen molar-refractivity contribution in [2.24, 2.45) is 0 Å². The van der Waals surface area contributed by atoms with Crippen LogP contribution in [0.4, 0.5) is 23.4 Å². The first-order valence-corrected chi connectivity index (χ1v) is 12.5. The normalized spacial score (nSPS) is 11.4. The van der Waals surface area contributed by atoms with E-state index < -0.39 is 9.84 Å². The van der Waals surface area contributed by atoms with Crippen LogP contribution in [-0.4, -0.2) is 47.1 Å². The summed E-state index contributed by atoms with van der Waals surface area (Å²) >= 11 is 0. The number of para-hydroxylation sites is 2. The minimum Gasteiger partial charge on any atom is -0.341 e. The second-order valence-corrected chi connectivity index (χ2v) is 10.1. The zero-order chi connectivity index (χ0) is 24.3. The maximum atomic E-state index is 11.7. The molecule has 34 heavy (non-hydrogen) atoms. The summed E-state index contributed by atoms with van der Waals surface area (Å²) in [4.78, 5) is 27.0. The van der Waals surface area contributed by atoms with Gasteiger partial charge in [0, 0.05) is 32.1 Å². The molecule has 1 amide bonds. The second-order valence-electron chi connectivity index (χ2n) is 8.00. The molecule has 0 unspecified atom stereocenters. The predicted octanol–water partition coefficient (Wildman–Crippen LogP) is 3.17. The van der Waals surface area contributed by atoms with Crippen LogP contribution >= 0.6 is 0 Å². The first-order valence-electron chi connectivity index (χ1n) is 10.5. The van der Waals surface area contributed by atoms with Gasteiger partial charge in [0.2, 0.25) is 17.8 Å². The zero-order valence-electron chi connectivity index (χ0n) is 19.1. The Kier molecular flexibility index (Phi) is 6.46. The molecule has 0 saturated carbocycles. The van der Waals surface area contributed by atoms with Crippen molar-refractivity contribution in [3.8, 4) is 0 Å². The van der Waals surface area contributed by atoms with Crippen LogP contribution in [0.1, 0.15) is 12.5 Å². The van der Waals surface area contributed by atoms with Gasteiger partial charge in [0.25, 0.3) is 0 Å². The van der Waals surface area contributed by atoms with Crippen LogP contribution in [0.25, 0.3) is 11.0 Å². The molecule has 2 heterocycles. The molecule has 10 nitrogen and oxygen atoms in total. The molecule has 0 radical (unpaired) electrons. The largest absolute Gasteiger partial charge is 0.341 e. The van der Waals surface area contributed by atoms with Gasteiger partial charge in [0.15, 0.2) is 9.84 Å². The van der Waals surface area contributed by atoms with E-state index in [9.17, 15) is 13.2 Å². The van der Waals surface area contributed by atoms with Crippen LogP contribution in [0.15, 0.2) is 60.8 Å². The van der Waals surface area contributed by atoms with E-state index in [1.165, 1.54) is 13.2 Å². The number of amides is 1. The van der Waals surface area contributed by atoms with E-state index in [0.29, 0.717) is 29.9 Å². The number of nitrogens with one attached hydrogen (secondary N) is 2. The Hall–Kier alpha value is -3.99. The van der Waals surface area contributed by atoms with Crippen LogP contribution in [0.3, 0.4) is 0 Å². The lowest BCUT2D eigenvalue weighted by molar-refractivity contribution is -0.114. The molecule has 0 spiro atoms. The van der Waals surface area contributed by atoms with Gasteiger partial charge < -0.3 is 10.2 Å². The smallest absolute Gasteiger partial charge is 0.229 e. The van der Waals surface area contributed by atoms with Crippen molar-refractivity contribution in [1.82, 2.24) is 19.5 Å². The molecule has 4 rings (SSSR count). The number of benzene rings is 2. The molecular weight excluding hydrogens is 454 g/mol. The van der Waals surface area contributed by atoms with Crippen LogP contribution in [0.2, 0.25) is 0 Å². The van der Waals surface area contributed by atoms with Gasteiger partial charge >= 0.3 is 0 Å². The maximum Gasteiger partial charge on any atom is 0.229 e. The topological polar surface area (TPSA) is 122 Å². The third kappa shape index (κ3) is 5.67. The summed E-state index contributed by atoms with van der Waals surface area (Å²) in [7, 11) is -1.20. The highest BCUT2D eigenvalue weighted by atomic mass is 32.2. The summed E-state index contributed by atoms with van der Waals surface area (Å²) in [6, 6.07) is 16.5. The summed E-state index contributed by atoms with van der Waals surface area (Å²) in [5.74, 6) is 1.32. The van der Waals surface area contributed by atoms with E-state index in [-0.39, 0.29) is 11.7 Å². The first kappa shape index (κ1) is 23.2. The quantitative estimate of drug-likeness (QED) is 0.395. The zero-order valence-corrected chi connectivity index (χ0v) is 19.9. The minimum absolute atomic E-state index is 0.00648. The van der Waals surface area contributed by atoms with E-state index in [1.807, 2.05) is 40.8 Å². The van der Waals surface area contributed by atoms with E-state index in [2.05, 4.69) is 25.6 Å². The average molecular weight is 480 g/mol. The molecule has 2 N–H and O–H groups in total. The van der Waals surface area contributed by atoms with Gasteiger partial charge in [-0.25, -0.2) is 18.4 Å². The number of aromatic nitrogens is 4. The number of hydrogen-bond donors (Lipinski definition) is 2. The molecule has 0 atom stereocenters. The van der Waals surface area contributed by atoms with Crippen molar-refractivity contribution in [2.75, 3.05) is 28.8 Å². The summed E-state index contributed by atoms with van der Waals surface area (Å²) in [5, 5.41) is 5.93. The monoisotopic (exact) mass is 479 g/mol. The third-order valence-corrected chi connectivity index (χ3v) is 5.82. The SMILES string of the molecule is CC(=O)Nc1nc2ccccc2n1CN(C)c1ccnc(Nc2ccc(CS(C)(=O)=O)cc2)n1. The Morgan fingerprint density at radius 1 is 1.06 bits per heavy atom. The summed E-state index contributed by atoms with van der Waals surface area (Å²) in [6.07, 6.45) is 2.86. The Morgan fingerprint density at radius 2 is 1.79 bits per heavy atom. The first-order chi connectivity index (χ1) is 16.2. The van der Waals surface area contributed by atoms with Crippen LogP contribution < -0.4 is 15.5 Å². The number of carbonyl (C=O) groups excluding carboxylic acids is 1. The number of sulfone groups is 1. The van der Waals surface area contributed by atoms with Gasteiger partial charge in [0.05, 0.1) is 23.5 Å². The number of imidazole rings is 1. The average Bonchev–Trinajstić information content (AvgIpc) is 3.10. The Morgan fingerprint density at radius 3 is 2.50 bits per heavy atom. The van der Waals surface area contributed by atoms with Crippen LogP contribution in [0.5, 0.6) is 0 Å².